The molecule has 0 aromatic carbocycles. The minimum Gasteiger partial charge on any atom is -0.396 e. The van der Waals surface area contributed by atoms with Gasteiger partial charge in [0.2, 0.25) is 5.91 Å². The summed E-state index contributed by atoms with van der Waals surface area (Å²) in [5.41, 5.74) is 0. The number of hydrogen-bond acceptors (Lipinski definition) is 2. The number of rotatable bonds is 3. The molecule has 2 fully saturated rings. The molecule has 3 unspecified atom stereocenters. The first kappa shape index (κ1) is 16.6. The Morgan fingerprint density at radius 3 is 2.57 bits per heavy atom. The average molecular weight is 307 g/mol. The standard InChI is InChI=1S/C15H24F3NO2/c16-15(17,18)12-5-3-4-11(10-12)14(21)19-8-2-1-6-13(19)7-9-20/h11-13,20H,1-10H2. The van der Waals surface area contributed by atoms with E-state index in [1.165, 1.54) is 0 Å². The number of halogens is 3. The number of aliphatic hydroxyl groups excluding tert-OH is 1. The van der Waals surface area contributed by atoms with Crippen LogP contribution >= 0.6 is 0 Å². The zero-order valence-corrected chi connectivity index (χ0v) is 12.2. The van der Waals surface area contributed by atoms with E-state index in [1.54, 1.807) is 4.90 Å². The Labute approximate surface area is 123 Å². The first-order valence-corrected chi connectivity index (χ1v) is 7.91. The molecule has 0 spiro atoms. The lowest BCUT2D eigenvalue weighted by atomic mass is 9.79. The van der Waals surface area contributed by atoms with E-state index in [4.69, 9.17) is 5.11 Å². The van der Waals surface area contributed by atoms with E-state index in [2.05, 4.69) is 0 Å². The van der Waals surface area contributed by atoms with Gasteiger partial charge in [0, 0.05) is 25.1 Å². The van der Waals surface area contributed by atoms with Crippen LogP contribution in [0.25, 0.3) is 0 Å². The fourth-order valence-electron chi connectivity index (χ4n) is 3.69. The van der Waals surface area contributed by atoms with Crippen molar-refractivity contribution in [3.05, 3.63) is 0 Å². The molecule has 1 heterocycles. The molecule has 21 heavy (non-hydrogen) atoms. The molecule has 1 aliphatic heterocycles. The highest BCUT2D eigenvalue weighted by Gasteiger charge is 2.44. The zero-order valence-electron chi connectivity index (χ0n) is 12.2. The number of hydrogen-bond donors (Lipinski definition) is 1. The highest BCUT2D eigenvalue weighted by atomic mass is 19.4. The van der Waals surface area contributed by atoms with Gasteiger partial charge < -0.3 is 10.0 Å². The molecule has 1 amide bonds. The van der Waals surface area contributed by atoms with E-state index >= 15 is 0 Å². The maximum atomic E-state index is 12.9. The topological polar surface area (TPSA) is 40.5 Å². The summed E-state index contributed by atoms with van der Waals surface area (Å²) in [5.74, 6) is -1.95. The molecule has 1 saturated carbocycles. The smallest absolute Gasteiger partial charge is 0.391 e. The fourth-order valence-corrected chi connectivity index (χ4v) is 3.69. The average Bonchev–Trinajstić information content (AvgIpc) is 2.47. The maximum Gasteiger partial charge on any atom is 0.391 e. The first-order chi connectivity index (χ1) is 9.93. The molecule has 3 nitrogen and oxygen atoms in total. The van der Waals surface area contributed by atoms with Gasteiger partial charge in [-0.3, -0.25) is 4.79 Å². The Bertz CT molecular complexity index is 357. The second-order valence-electron chi connectivity index (χ2n) is 6.30. The van der Waals surface area contributed by atoms with E-state index in [1.807, 2.05) is 0 Å². The largest absolute Gasteiger partial charge is 0.396 e. The number of nitrogens with zero attached hydrogens (tertiary/aromatic N) is 1. The molecular formula is C15H24F3NO2. The third-order valence-corrected chi connectivity index (χ3v) is 4.86. The van der Waals surface area contributed by atoms with Crippen LogP contribution in [0.4, 0.5) is 13.2 Å². The molecule has 2 rings (SSSR count). The van der Waals surface area contributed by atoms with E-state index in [-0.39, 0.29) is 31.4 Å². The zero-order chi connectivity index (χ0) is 15.5. The molecular weight excluding hydrogens is 283 g/mol. The quantitative estimate of drug-likeness (QED) is 0.870. The van der Waals surface area contributed by atoms with Gasteiger partial charge in [-0.05, 0) is 44.9 Å². The molecule has 1 aliphatic carbocycles. The summed E-state index contributed by atoms with van der Waals surface area (Å²) in [5, 5.41) is 9.09. The minimum atomic E-state index is -4.19. The van der Waals surface area contributed by atoms with Crippen LogP contribution in [0.2, 0.25) is 0 Å². The fraction of sp³-hybridized carbons (Fsp3) is 0.933. The highest BCUT2D eigenvalue weighted by Crippen LogP contribution is 2.41. The monoisotopic (exact) mass is 307 g/mol. The van der Waals surface area contributed by atoms with Crippen molar-refractivity contribution in [3.8, 4) is 0 Å². The number of carbonyl (C=O) groups is 1. The van der Waals surface area contributed by atoms with Gasteiger partial charge in [-0.25, -0.2) is 0 Å². The number of carbonyl (C=O) groups excluding carboxylic acids is 1. The second-order valence-corrected chi connectivity index (χ2v) is 6.30. The summed E-state index contributed by atoms with van der Waals surface area (Å²) in [6.07, 6.45) is 0.229. The minimum absolute atomic E-state index is 0.00233. The van der Waals surface area contributed by atoms with Crippen LogP contribution < -0.4 is 0 Å². The molecule has 122 valence electrons. The van der Waals surface area contributed by atoms with Crippen LogP contribution in [-0.4, -0.2) is 41.3 Å². The van der Waals surface area contributed by atoms with E-state index in [9.17, 15) is 18.0 Å². The van der Waals surface area contributed by atoms with Crippen LogP contribution in [-0.2, 0) is 4.79 Å². The Kier molecular flexibility index (Phi) is 5.52. The Morgan fingerprint density at radius 2 is 1.90 bits per heavy atom. The molecule has 2 aliphatic rings. The molecule has 1 N–H and O–H groups in total. The van der Waals surface area contributed by atoms with Gasteiger partial charge in [0.05, 0.1) is 5.92 Å². The summed E-state index contributed by atoms with van der Waals surface area (Å²) < 4.78 is 38.6. The van der Waals surface area contributed by atoms with Gasteiger partial charge >= 0.3 is 6.18 Å². The molecule has 3 atom stereocenters. The normalized spacial score (nSPS) is 31.2. The van der Waals surface area contributed by atoms with E-state index in [0.717, 1.165) is 19.3 Å². The lowest BCUT2D eigenvalue weighted by Gasteiger charge is -2.39. The SMILES string of the molecule is O=C(C1CCCC(C(F)(F)F)C1)N1CCCCC1CCO. The van der Waals surface area contributed by atoms with Crippen molar-refractivity contribution in [2.75, 3.05) is 13.2 Å². The molecule has 0 aromatic heterocycles. The van der Waals surface area contributed by atoms with Crippen LogP contribution in [0.3, 0.4) is 0 Å². The van der Waals surface area contributed by atoms with Crippen molar-refractivity contribution in [3.63, 3.8) is 0 Å². The van der Waals surface area contributed by atoms with Crippen LogP contribution in [0.15, 0.2) is 0 Å². The highest BCUT2D eigenvalue weighted by molar-refractivity contribution is 5.79. The summed E-state index contributed by atoms with van der Waals surface area (Å²) in [6, 6.07) is 0.00233. The molecule has 1 saturated heterocycles. The summed E-state index contributed by atoms with van der Waals surface area (Å²) >= 11 is 0. The molecule has 6 heteroatoms. The summed E-state index contributed by atoms with van der Waals surface area (Å²) in [7, 11) is 0. The number of alkyl halides is 3. The van der Waals surface area contributed by atoms with Crippen molar-refractivity contribution >= 4 is 5.91 Å². The number of likely N-dealkylation sites (tertiary alicyclic amines) is 1. The van der Waals surface area contributed by atoms with E-state index in [0.29, 0.717) is 25.8 Å². The summed E-state index contributed by atoms with van der Waals surface area (Å²) in [6.45, 7) is 0.640. The van der Waals surface area contributed by atoms with Crippen molar-refractivity contribution in [1.29, 1.82) is 0 Å². The number of piperidine rings is 1. The van der Waals surface area contributed by atoms with Crippen LogP contribution in [0, 0.1) is 11.8 Å². The lowest BCUT2D eigenvalue weighted by Crippen LogP contribution is -2.48. The van der Waals surface area contributed by atoms with Crippen molar-refractivity contribution in [1.82, 2.24) is 4.90 Å². The van der Waals surface area contributed by atoms with Crippen LogP contribution in [0.5, 0.6) is 0 Å². The van der Waals surface area contributed by atoms with Gasteiger partial charge in [-0.2, -0.15) is 13.2 Å². The molecule has 0 radical (unpaired) electrons. The predicted octanol–water partition coefficient (Wildman–Crippen LogP) is 3.12. The number of aliphatic hydroxyl groups is 1. The number of amides is 1. The van der Waals surface area contributed by atoms with E-state index < -0.39 is 18.0 Å². The molecule has 0 bridgehead atoms. The van der Waals surface area contributed by atoms with Gasteiger partial charge in [-0.1, -0.05) is 6.42 Å². The van der Waals surface area contributed by atoms with Crippen LogP contribution in [0.1, 0.15) is 51.4 Å². The molecule has 0 aromatic rings. The third-order valence-electron chi connectivity index (χ3n) is 4.86. The van der Waals surface area contributed by atoms with Crippen molar-refractivity contribution in [2.24, 2.45) is 11.8 Å². The first-order valence-electron chi connectivity index (χ1n) is 7.91. The van der Waals surface area contributed by atoms with Gasteiger partial charge in [0.25, 0.3) is 0 Å². The Hall–Kier alpha value is -0.780. The Balaban J connectivity index is 2.00. The Morgan fingerprint density at radius 1 is 1.14 bits per heavy atom. The maximum absolute atomic E-state index is 12.9. The van der Waals surface area contributed by atoms with Gasteiger partial charge in [0.15, 0.2) is 0 Å². The van der Waals surface area contributed by atoms with Gasteiger partial charge in [-0.15, -0.1) is 0 Å². The lowest BCUT2D eigenvalue weighted by molar-refractivity contribution is -0.187. The predicted molar refractivity (Wildman–Crippen MR) is 72.6 cm³/mol. The van der Waals surface area contributed by atoms with Crippen molar-refractivity contribution < 1.29 is 23.1 Å². The van der Waals surface area contributed by atoms with Gasteiger partial charge in [0.1, 0.15) is 0 Å². The van der Waals surface area contributed by atoms with Crippen molar-refractivity contribution in [2.45, 2.75) is 63.6 Å². The third kappa shape index (κ3) is 4.11. The summed E-state index contributed by atoms with van der Waals surface area (Å²) in [4.78, 5) is 14.3. The second kappa shape index (κ2) is 6.99.